The maximum absolute atomic E-state index is 12.9. The molecule has 0 aromatic heterocycles. The first-order valence-electron chi connectivity index (χ1n) is 9.96. The molecular weight excluding hydrogens is 392 g/mol. The van der Waals surface area contributed by atoms with Crippen LogP contribution < -0.4 is 10.6 Å². The molecule has 5 nitrogen and oxygen atoms in total. The highest BCUT2D eigenvalue weighted by Gasteiger charge is 2.44. The van der Waals surface area contributed by atoms with Gasteiger partial charge in [-0.25, -0.2) is 0 Å². The summed E-state index contributed by atoms with van der Waals surface area (Å²) in [6, 6.07) is 7.68. The lowest BCUT2D eigenvalue weighted by atomic mass is 9.81. The van der Waals surface area contributed by atoms with Gasteiger partial charge in [0, 0.05) is 18.2 Å². The number of aldehydes is 1. The van der Waals surface area contributed by atoms with Crippen LogP contribution in [0.4, 0.5) is 0 Å². The second-order valence-corrected chi connectivity index (χ2v) is 10.1. The van der Waals surface area contributed by atoms with Gasteiger partial charge in [0.05, 0.1) is 22.6 Å². The second kappa shape index (κ2) is 9.11. The molecule has 0 radical (unpaired) electrons. The van der Waals surface area contributed by atoms with Crippen LogP contribution in [-0.4, -0.2) is 52.2 Å². The van der Waals surface area contributed by atoms with Gasteiger partial charge in [-0.05, 0) is 42.7 Å². The SMILES string of the molecule is O=C[C@H]1NCSC1C(=O)[C@H]1NCSC1C(=O)CC[C@H]1CCc2ccccc2C1. The molecule has 28 heavy (non-hydrogen) atoms. The lowest BCUT2D eigenvalue weighted by Crippen LogP contribution is -2.49. The highest BCUT2D eigenvalue weighted by Crippen LogP contribution is 2.32. The van der Waals surface area contributed by atoms with Crippen molar-refractivity contribution in [1.82, 2.24) is 10.6 Å². The average molecular weight is 419 g/mol. The molecule has 7 heteroatoms. The summed E-state index contributed by atoms with van der Waals surface area (Å²) in [5.41, 5.74) is 2.86. The summed E-state index contributed by atoms with van der Waals surface area (Å²) in [5.74, 6) is 1.91. The van der Waals surface area contributed by atoms with Gasteiger partial charge in [0.15, 0.2) is 5.78 Å². The number of aryl methyl sites for hydroxylation is 1. The highest BCUT2D eigenvalue weighted by molar-refractivity contribution is 8.01. The number of Topliss-reactive ketones (excluding diaryl/α,β-unsaturated/α-hetero) is 2. The van der Waals surface area contributed by atoms with Crippen molar-refractivity contribution in [2.45, 2.75) is 54.7 Å². The molecule has 2 saturated heterocycles. The zero-order chi connectivity index (χ0) is 19.5. The summed E-state index contributed by atoms with van der Waals surface area (Å²) in [6.45, 7) is 0. The third kappa shape index (κ3) is 4.22. The zero-order valence-electron chi connectivity index (χ0n) is 15.8. The van der Waals surface area contributed by atoms with E-state index in [9.17, 15) is 14.4 Å². The Morgan fingerprint density at radius 3 is 2.64 bits per heavy atom. The number of carbonyl (C=O) groups is 3. The Balaban J connectivity index is 1.33. The maximum atomic E-state index is 12.9. The quantitative estimate of drug-likeness (QED) is 0.656. The van der Waals surface area contributed by atoms with Gasteiger partial charge in [0.25, 0.3) is 0 Å². The standard InChI is InChI=1S/C21H26N2O3S2/c24-10-16-20(27-11-22-16)19(26)18-21(28-12-23-18)17(25)8-6-13-5-7-14-3-1-2-4-15(14)9-13/h1-4,10,13,16,18,20-23H,5-9,11-12H2/t13-,16-,18-,20?,21?/m1/s1. The molecule has 0 spiro atoms. The lowest BCUT2D eigenvalue weighted by Gasteiger charge is -2.25. The normalized spacial score (nSPS) is 32.1. The molecule has 3 aliphatic rings. The summed E-state index contributed by atoms with van der Waals surface area (Å²) in [6.07, 6.45) is 5.50. The predicted molar refractivity (Wildman–Crippen MR) is 114 cm³/mol. The Kier molecular flexibility index (Phi) is 6.55. The van der Waals surface area contributed by atoms with E-state index in [2.05, 4.69) is 34.9 Å². The monoisotopic (exact) mass is 418 g/mol. The molecule has 150 valence electrons. The molecule has 0 saturated carbocycles. The molecule has 0 bridgehead atoms. The van der Waals surface area contributed by atoms with Crippen LogP contribution in [0.5, 0.6) is 0 Å². The number of carbonyl (C=O) groups excluding carboxylic acids is 3. The molecule has 1 aromatic carbocycles. The molecule has 1 aromatic rings. The van der Waals surface area contributed by atoms with E-state index in [0.717, 1.165) is 32.0 Å². The van der Waals surface area contributed by atoms with Crippen LogP contribution in [0.25, 0.3) is 0 Å². The summed E-state index contributed by atoms with van der Waals surface area (Å²) < 4.78 is 0. The number of nitrogens with one attached hydrogen (secondary N) is 2. The van der Waals surface area contributed by atoms with E-state index in [-0.39, 0.29) is 22.1 Å². The third-order valence-electron chi connectivity index (χ3n) is 6.08. The van der Waals surface area contributed by atoms with Crippen LogP contribution in [0.2, 0.25) is 0 Å². The van der Waals surface area contributed by atoms with Gasteiger partial charge in [-0.2, -0.15) is 0 Å². The van der Waals surface area contributed by atoms with Gasteiger partial charge >= 0.3 is 0 Å². The maximum Gasteiger partial charge on any atom is 0.166 e. The molecular formula is C21H26N2O3S2. The van der Waals surface area contributed by atoms with Crippen molar-refractivity contribution in [2.75, 3.05) is 11.8 Å². The zero-order valence-corrected chi connectivity index (χ0v) is 17.4. The molecule has 2 heterocycles. The Labute approximate surface area is 174 Å². The third-order valence-corrected chi connectivity index (χ3v) is 8.52. The Bertz CT molecular complexity index is 757. The molecule has 0 amide bonds. The van der Waals surface area contributed by atoms with E-state index in [4.69, 9.17) is 0 Å². The number of hydrogen-bond donors (Lipinski definition) is 2. The predicted octanol–water partition coefficient (Wildman–Crippen LogP) is 1.97. The minimum absolute atomic E-state index is 0.0120. The molecule has 2 aliphatic heterocycles. The smallest absolute Gasteiger partial charge is 0.166 e. The van der Waals surface area contributed by atoms with Gasteiger partial charge in [-0.1, -0.05) is 24.3 Å². The van der Waals surface area contributed by atoms with Crippen LogP contribution >= 0.6 is 23.5 Å². The average Bonchev–Trinajstić information content (AvgIpc) is 3.40. The van der Waals surface area contributed by atoms with E-state index < -0.39 is 12.1 Å². The van der Waals surface area contributed by atoms with Crippen molar-refractivity contribution in [3.05, 3.63) is 35.4 Å². The minimum atomic E-state index is -0.468. The summed E-state index contributed by atoms with van der Waals surface area (Å²) in [5, 5.41) is 5.52. The number of thioether (sulfide) groups is 2. The molecule has 1 aliphatic carbocycles. The first kappa shape index (κ1) is 20.1. The van der Waals surface area contributed by atoms with Gasteiger partial charge in [-0.3, -0.25) is 20.2 Å². The first-order chi connectivity index (χ1) is 13.7. The Morgan fingerprint density at radius 2 is 1.82 bits per heavy atom. The number of benzene rings is 1. The van der Waals surface area contributed by atoms with Crippen LogP contribution in [0.3, 0.4) is 0 Å². The number of fused-ring (bicyclic) bond motifs is 1. The fourth-order valence-electron chi connectivity index (χ4n) is 4.47. The van der Waals surface area contributed by atoms with E-state index >= 15 is 0 Å². The summed E-state index contributed by atoms with van der Waals surface area (Å²) in [4.78, 5) is 37.0. The minimum Gasteiger partial charge on any atom is -0.302 e. The van der Waals surface area contributed by atoms with Gasteiger partial charge in [0.1, 0.15) is 12.1 Å². The van der Waals surface area contributed by atoms with Gasteiger partial charge in [0.2, 0.25) is 0 Å². The number of hydrogen-bond acceptors (Lipinski definition) is 7. The van der Waals surface area contributed by atoms with E-state index in [1.165, 1.54) is 34.7 Å². The van der Waals surface area contributed by atoms with Crippen molar-refractivity contribution in [3.63, 3.8) is 0 Å². The summed E-state index contributed by atoms with van der Waals surface area (Å²) in [7, 11) is 0. The fraction of sp³-hybridized carbons (Fsp3) is 0.571. The van der Waals surface area contributed by atoms with E-state index in [1.807, 2.05) is 0 Å². The highest BCUT2D eigenvalue weighted by atomic mass is 32.2. The van der Waals surface area contributed by atoms with Crippen molar-refractivity contribution >= 4 is 41.4 Å². The van der Waals surface area contributed by atoms with Gasteiger partial charge < -0.3 is 4.79 Å². The van der Waals surface area contributed by atoms with Crippen molar-refractivity contribution in [3.8, 4) is 0 Å². The molecule has 2 fully saturated rings. The van der Waals surface area contributed by atoms with Gasteiger partial charge in [-0.15, -0.1) is 23.5 Å². The van der Waals surface area contributed by atoms with Crippen molar-refractivity contribution in [1.29, 1.82) is 0 Å². The van der Waals surface area contributed by atoms with E-state index in [0.29, 0.717) is 24.1 Å². The molecule has 2 N–H and O–H groups in total. The molecule has 2 unspecified atom stereocenters. The lowest BCUT2D eigenvalue weighted by molar-refractivity contribution is -0.125. The van der Waals surface area contributed by atoms with E-state index in [1.54, 1.807) is 0 Å². The molecule has 4 rings (SSSR count). The van der Waals surface area contributed by atoms with Crippen LogP contribution in [0.1, 0.15) is 30.4 Å². The Hall–Kier alpha value is -1.15. The largest absolute Gasteiger partial charge is 0.302 e. The van der Waals surface area contributed by atoms with Crippen LogP contribution in [0, 0.1) is 5.92 Å². The number of rotatable bonds is 7. The van der Waals surface area contributed by atoms with Crippen molar-refractivity contribution < 1.29 is 14.4 Å². The number of ketones is 2. The molecule has 5 atom stereocenters. The second-order valence-electron chi connectivity index (χ2n) is 7.80. The fourth-order valence-corrected chi connectivity index (χ4v) is 6.80. The Morgan fingerprint density at radius 1 is 1.07 bits per heavy atom. The first-order valence-corrected chi connectivity index (χ1v) is 12.1. The summed E-state index contributed by atoms with van der Waals surface area (Å²) >= 11 is 2.99. The van der Waals surface area contributed by atoms with Crippen LogP contribution in [-0.2, 0) is 27.2 Å². The van der Waals surface area contributed by atoms with Crippen molar-refractivity contribution in [2.24, 2.45) is 5.92 Å². The van der Waals surface area contributed by atoms with Crippen LogP contribution in [0.15, 0.2) is 24.3 Å². The topological polar surface area (TPSA) is 75.3 Å².